The molecule has 1 heterocycles. The smallest absolute Gasteiger partial charge is 0.308 e. The van der Waals surface area contributed by atoms with Gasteiger partial charge in [0, 0.05) is 18.5 Å². The fraction of sp³-hybridized carbons (Fsp3) is 0.467. The van der Waals surface area contributed by atoms with Crippen molar-refractivity contribution in [1.82, 2.24) is 4.90 Å². The third kappa shape index (κ3) is 2.48. The molecule has 2 rings (SSSR count). The molecule has 1 N–H and O–H groups in total. The number of hydrogen-bond acceptors (Lipinski definition) is 3. The molecule has 0 saturated carbocycles. The van der Waals surface area contributed by atoms with Gasteiger partial charge in [-0.25, -0.2) is 0 Å². The molecule has 0 spiro atoms. The summed E-state index contributed by atoms with van der Waals surface area (Å²) in [6, 6.07) is 6.83. The van der Waals surface area contributed by atoms with E-state index in [9.17, 15) is 14.7 Å². The lowest BCUT2D eigenvalue weighted by atomic mass is 9.84. The second-order valence-electron chi connectivity index (χ2n) is 4.85. The normalized spacial score (nSPS) is 22.7. The number of likely N-dealkylation sites (tertiary alicyclic amines) is 1. The Labute approximate surface area is 118 Å². The third-order valence-electron chi connectivity index (χ3n) is 3.82. The Morgan fingerprint density at radius 1 is 1.45 bits per heavy atom. The van der Waals surface area contributed by atoms with E-state index >= 15 is 0 Å². The quantitative estimate of drug-likeness (QED) is 0.915. The second-order valence-corrected chi connectivity index (χ2v) is 4.85. The van der Waals surface area contributed by atoms with E-state index in [1.807, 2.05) is 25.1 Å². The standard InChI is InChI=1S/C15H19NO4/c1-3-16-13(17)9-8-11(15(18)19)14(16)10-6-4-5-7-12(10)20-2/h4-7,11,14H,3,8-9H2,1-2H3,(H,18,19). The van der Waals surface area contributed by atoms with E-state index in [4.69, 9.17) is 4.74 Å². The van der Waals surface area contributed by atoms with Crippen LogP contribution in [-0.4, -0.2) is 35.5 Å². The van der Waals surface area contributed by atoms with Crippen LogP contribution in [0.1, 0.15) is 31.4 Å². The average Bonchev–Trinajstić information content (AvgIpc) is 2.46. The number of para-hydroxylation sites is 1. The van der Waals surface area contributed by atoms with Crippen LogP contribution in [0, 0.1) is 5.92 Å². The highest BCUT2D eigenvalue weighted by atomic mass is 16.5. The molecular formula is C15H19NO4. The molecule has 2 unspecified atom stereocenters. The Kier molecular flexibility index (Phi) is 4.27. The Morgan fingerprint density at radius 2 is 2.15 bits per heavy atom. The number of carboxylic acids is 1. The fourth-order valence-electron chi connectivity index (χ4n) is 2.88. The van der Waals surface area contributed by atoms with Gasteiger partial charge in [-0.15, -0.1) is 0 Å². The van der Waals surface area contributed by atoms with Crippen molar-refractivity contribution in [2.24, 2.45) is 5.92 Å². The first-order valence-electron chi connectivity index (χ1n) is 6.75. The highest BCUT2D eigenvalue weighted by molar-refractivity contribution is 5.82. The van der Waals surface area contributed by atoms with Crippen LogP contribution in [0.5, 0.6) is 5.75 Å². The zero-order valence-corrected chi connectivity index (χ0v) is 11.7. The van der Waals surface area contributed by atoms with E-state index in [0.717, 1.165) is 5.56 Å². The predicted octanol–water partition coefficient (Wildman–Crippen LogP) is 2.08. The highest BCUT2D eigenvalue weighted by Gasteiger charge is 2.41. The summed E-state index contributed by atoms with van der Waals surface area (Å²) in [5, 5.41) is 9.45. The van der Waals surface area contributed by atoms with Crippen molar-refractivity contribution in [1.29, 1.82) is 0 Å². The lowest BCUT2D eigenvalue weighted by Gasteiger charge is -2.39. The van der Waals surface area contributed by atoms with E-state index < -0.39 is 17.9 Å². The van der Waals surface area contributed by atoms with Crippen molar-refractivity contribution in [3.63, 3.8) is 0 Å². The number of nitrogens with zero attached hydrogens (tertiary/aromatic N) is 1. The number of piperidine rings is 1. The van der Waals surface area contributed by atoms with Crippen LogP contribution in [0.2, 0.25) is 0 Å². The zero-order chi connectivity index (χ0) is 14.7. The summed E-state index contributed by atoms with van der Waals surface area (Å²) in [6.07, 6.45) is 0.657. The lowest BCUT2D eigenvalue weighted by Crippen LogP contribution is -2.45. The van der Waals surface area contributed by atoms with Gasteiger partial charge in [0.15, 0.2) is 0 Å². The Hall–Kier alpha value is -2.04. The average molecular weight is 277 g/mol. The summed E-state index contributed by atoms with van der Waals surface area (Å²) in [5.41, 5.74) is 0.761. The molecule has 0 aliphatic carbocycles. The molecule has 1 aliphatic heterocycles. The van der Waals surface area contributed by atoms with Gasteiger partial charge in [-0.3, -0.25) is 9.59 Å². The van der Waals surface area contributed by atoms with E-state index in [1.165, 1.54) is 0 Å². The van der Waals surface area contributed by atoms with Crippen LogP contribution >= 0.6 is 0 Å². The number of hydrogen-bond donors (Lipinski definition) is 1. The highest BCUT2D eigenvalue weighted by Crippen LogP contribution is 2.40. The van der Waals surface area contributed by atoms with Crippen molar-refractivity contribution in [3.05, 3.63) is 29.8 Å². The lowest BCUT2D eigenvalue weighted by molar-refractivity contribution is -0.151. The molecular weight excluding hydrogens is 258 g/mol. The minimum absolute atomic E-state index is 0.000839. The molecule has 1 fully saturated rings. The molecule has 1 saturated heterocycles. The maximum atomic E-state index is 12.1. The van der Waals surface area contributed by atoms with Crippen LogP contribution in [0.15, 0.2) is 24.3 Å². The van der Waals surface area contributed by atoms with Crippen molar-refractivity contribution < 1.29 is 19.4 Å². The minimum atomic E-state index is -0.869. The van der Waals surface area contributed by atoms with Gasteiger partial charge in [0.2, 0.25) is 5.91 Å². The molecule has 0 radical (unpaired) electrons. The summed E-state index contributed by atoms with van der Waals surface area (Å²) in [4.78, 5) is 25.2. The number of benzene rings is 1. The van der Waals surface area contributed by atoms with Gasteiger partial charge >= 0.3 is 5.97 Å². The zero-order valence-electron chi connectivity index (χ0n) is 11.7. The summed E-state index contributed by atoms with van der Waals surface area (Å²) in [6.45, 7) is 2.36. The first kappa shape index (κ1) is 14.4. The first-order valence-corrected chi connectivity index (χ1v) is 6.75. The topological polar surface area (TPSA) is 66.8 Å². The summed E-state index contributed by atoms with van der Waals surface area (Å²) in [7, 11) is 1.55. The van der Waals surface area contributed by atoms with Gasteiger partial charge < -0.3 is 14.7 Å². The molecule has 5 nitrogen and oxygen atoms in total. The summed E-state index contributed by atoms with van der Waals surface area (Å²) < 4.78 is 5.32. The van der Waals surface area contributed by atoms with Crippen molar-refractivity contribution >= 4 is 11.9 Å². The maximum Gasteiger partial charge on any atom is 0.308 e. The predicted molar refractivity (Wildman–Crippen MR) is 73.5 cm³/mol. The van der Waals surface area contributed by atoms with E-state index in [2.05, 4.69) is 0 Å². The number of rotatable bonds is 4. The SMILES string of the molecule is CCN1C(=O)CCC(C(=O)O)C1c1ccccc1OC. The second kappa shape index (κ2) is 5.94. The van der Waals surface area contributed by atoms with Gasteiger partial charge in [0.25, 0.3) is 0 Å². The van der Waals surface area contributed by atoms with Gasteiger partial charge in [0.05, 0.1) is 19.1 Å². The van der Waals surface area contributed by atoms with Crippen LogP contribution in [0.4, 0.5) is 0 Å². The summed E-state index contributed by atoms with van der Waals surface area (Å²) in [5.74, 6) is -0.839. The van der Waals surface area contributed by atoms with Crippen molar-refractivity contribution in [3.8, 4) is 5.75 Å². The molecule has 108 valence electrons. The molecule has 1 aromatic carbocycles. The number of carboxylic acid groups (broad SMARTS) is 1. The van der Waals surface area contributed by atoms with E-state index in [-0.39, 0.29) is 12.3 Å². The van der Waals surface area contributed by atoms with E-state index in [1.54, 1.807) is 18.1 Å². The summed E-state index contributed by atoms with van der Waals surface area (Å²) >= 11 is 0. The maximum absolute atomic E-state index is 12.1. The van der Waals surface area contributed by atoms with Gasteiger partial charge in [-0.2, -0.15) is 0 Å². The Morgan fingerprint density at radius 3 is 2.75 bits per heavy atom. The van der Waals surface area contributed by atoms with Crippen LogP contribution in [-0.2, 0) is 9.59 Å². The van der Waals surface area contributed by atoms with Gasteiger partial charge in [0.1, 0.15) is 5.75 Å². The van der Waals surface area contributed by atoms with E-state index in [0.29, 0.717) is 18.7 Å². The molecule has 1 aliphatic rings. The van der Waals surface area contributed by atoms with Crippen molar-refractivity contribution in [2.45, 2.75) is 25.8 Å². The number of aliphatic carboxylic acids is 1. The Balaban J connectivity index is 2.49. The number of methoxy groups -OCH3 is 1. The molecule has 0 aromatic heterocycles. The fourth-order valence-corrected chi connectivity index (χ4v) is 2.88. The number of carbonyl (C=O) groups excluding carboxylic acids is 1. The molecule has 1 amide bonds. The monoisotopic (exact) mass is 277 g/mol. The first-order chi connectivity index (χ1) is 9.60. The third-order valence-corrected chi connectivity index (χ3v) is 3.82. The number of amides is 1. The van der Waals surface area contributed by atoms with Crippen molar-refractivity contribution in [2.75, 3.05) is 13.7 Å². The molecule has 20 heavy (non-hydrogen) atoms. The van der Waals surface area contributed by atoms with Crippen LogP contribution in [0.3, 0.4) is 0 Å². The van der Waals surface area contributed by atoms with Gasteiger partial charge in [-0.05, 0) is 19.4 Å². The molecule has 2 atom stereocenters. The molecule has 0 bridgehead atoms. The molecule has 1 aromatic rings. The van der Waals surface area contributed by atoms with Gasteiger partial charge in [-0.1, -0.05) is 18.2 Å². The molecule has 5 heteroatoms. The minimum Gasteiger partial charge on any atom is -0.496 e. The Bertz CT molecular complexity index is 512. The van der Waals surface area contributed by atoms with Crippen LogP contribution < -0.4 is 4.74 Å². The van der Waals surface area contributed by atoms with Crippen LogP contribution in [0.25, 0.3) is 0 Å². The number of carbonyl (C=O) groups is 2. The largest absolute Gasteiger partial charge is 0.496 e. The number of ether oxygens (including phenoxy) is 1.